The average molecular weight is 337 g/mol. The lowest BCUT2D eigenvalue weighted by molar-refractivity contribution is -0.0786. The number of nitrogens with zero attached hydrogens (tertiary/aromatic N) is 1. The summed E-state index contributed by atoms with van der Waals surface area (Å²) in [5.41, 5.74) is 0.247. The zero-order valence-corrected chi connectivity index (χ0v) is 12.9. The van der Waals surface area contributed by atoms with E-state index in [0.29, 0.717) is 16.9 Å². The molecule has 0 bridgehead atoms. The number of thioether (sulfide) groups is 1. The number of ether oxygens (including phenoxy) is 1. The van der Waals surface area contributed by atoms with Gasteiger partial charge in [-0.05, 0) is 29.8 Å². The van der Waals surface area contributed by atoms with Gasteiger partial charge in [0.2, 0.25) is 5.95 Å². The Balaban J connectivity index is 1.80. The van der Waals surface area contributed by atoms with E-state index in [2.05, 4.69) is 4.98 Å². The number of rotatable bonds is 3. The highest BCUT2D eigenvalue weighted by Gasteiger charge is 2.38. The minimum atomic E-state index is -1.25. The van der Waals surface area contributed by atoms with E-state index in [1.54, 1.807) is 36.4 Å². The predicted octanol–water partition coefficient (Wildman–Crippen LogP) is 1.42. The van der Waals surface area contributed by atoms with Gasteiger partial charge in [-0.3, -0.25) is 0 Å². The van der Waals surface area contributed by atoms with Gasteiger partial charge in [-0.1, -0.05) is 12.1 Å². The number of aliphatic hydroxyl groups is 3. The molecule has 1 aromatic heterocycles. The molecule has 0 unspecified atom stereocenters. The smallest absolute Gasteiger partial charge is 0.220 e. The lowest BCUT2D eigenvalue weighted by atomic mass is 10.1. The fourth-order valence-corrected chi connectivity index (χ4v) is 3.48. The molecule has 0 aliphatic carbocycles. The number of aromatic nitrogens is 1. The Bertz CT molecular complexity index is 687. The number of pyridine rings is 1. The lowest BCUT2D eigenvalue weighted by Gasteiger charge is -2.34. The maximum absolute atomic E-state index is 13.8. The summed E-state index contributed by atoms with van der Waals surface area (Å²) in [7, 11) is 0. The van der Waals surface area contributed by atoms with Gasteiger partial charge in [0, 0.05) is 17.5 Å². The van der Waals surface area contributed by atoms with Gasteiger partial charge in [0.25, 0.3) is 0 Å². The molecule has 1 aliphatic rings. The minimum absolute atomic E-state index is 0.264. The molecule has 2 heterocycles. The van der Waals surface area contributed by atoms with E-state index >= 15 is 0 Å². The van der Waals surface area contributed by atoms with E-state index in [0.717, 1.165) is 0 Å². The highest BCUT2D eigenvalue weighted by atomic mass is 32.2. The van der Waals surface area contributed by atoms with Crippen LogP contribution >= 0.6 is 11.8 Å². The summed E-state index contributed by atoms with van der Waals surface area (Å²) in [5, 5.41) is 29.2. The van der Waals surface area contributed by atoms with Crippen LogP contribution < -0.4 is 4.74 Å². The fourth-order valence-electron chi connectivity index (χ4n) is 2.36. The van der Waals surface area contributed by atoms with Gasteiger partial charge in [-0.2, -0.15) is 4.39 Å². The molecule has 1 fully saturated rings. The fraction of sp³-hybridized carbons (Fsp3) is 0.312. The molecule has 3 rings (SSSR count). The number of halogens is 1. The largest absolute Gasteiger partial charge is 0.477 e. The van der Waals surface area contributed by atoms with Crippen LogP contribution in [0.1, 0.15) is 0 Å². The molecule has 1 aliphatic heterocycles. The summed E-state index contributed by atoms with van der Waals surface area (Å²) in [6, 6.07) is 10.0. The second kappa shape index (κ2) is 6.84. The van der Waals surface area contributed by atoms with E-state index in [1.807, 2.05) is 0 Å². The van der Waals surface area contributed by atoms with Gasteiger partial charge < -0.3 is 20.1 Å². The number of aliphatic hydroxyl groups excluding tert-OH is 3. The van der Waals surface area contributed by atoms with E-state index < -0.39 is 29.7 Å². The van der Waals surface area contributed by atoms with E-state index in [1.165, 1.54) is 18.0 Å². The summed E-state index contributed by atoms with van der Waals surface area (Å²) < 4.78 is 19.5. The molecule has 4 atom stereocenters. The normalized spacial score (nSPS) is 27.7. The summed E-state index contributed by atoms with van der Waals surface area (Å²) in [6.07, 6.45) is -2.06. The lowest BCUT2D eigenvalue weighted by Crippen LogP contribution is -2.50. The molecule has 0 spiro atoms. The maximum Gasteiger partial charge on any atom is 0.220 e. The van der Waals surface area contributed by atoms with E-state index in [4.69, 9.17) is 4.74 Å². The van der Waals surface area contributed by atoms with Gasteiger partial charge in [0.05, 0.1) is 6.10 Å². The number of benzene rings is 1. The third-order valence-corrected chi connectivity index (χ3v) is 4.85. The van der Waals surface area contributed by atoms with Crippen LogP contribution in [0, 0.1) is 5.95 Å². The van der Waals surface area contributed by atoms with Gasteiger partial charge in [-0.25, -0.2) is 4.98 Å². The van der Waals surface area contributed by atoms with E-state index in [-0.39, 0.29) is 5.75 Å². The Hall–Kier alpha value is -1.67. The Morgan fingerprint density at radius 2 is 1.96 bits per heavy atom. The molecule has 122 valence electrons. The van der Waals surface area contributed by atoms with Crippen LogP contribution in [0.2, 0.25) is 0 Å². The topological polar surface area (TPSA) is 82.8 Å². The highest BCUT2D eigenvalue weighted by molar-refractivity contribution is 7.99. The zero-order valence-electron chi connectivity index (χ0n) is 12.0. The van der Waals surface area contributed by atoms with Crippen LogP contribution in [0.4, 0.5) is 4.39 Å². The quantitative estimate of drug-likeness (QED) is 0.735. The van der Waals surface area contributed by atoms with E-state index in [9.17, 15) is 19.7 Å². The average Bonchev–Trinajstić information content (AvgIpc) is 2.56. The minimum Gasteiger partial charge on any atom is -0.477 e. The van der Waals surface area contributed by atoms with Gasteiger partial charge in [-0.15, -0.1) is 11.8 Å². The standard InChI is InChI=1S/C16H16FNO4S/c17-15-11(5-2-6-18-15)9-3-1-4-10(7-9)22-16-14(21)13(20)12(19)8-23-16/h1-7,12-14,16,19-21H,8H2/t12-,13+,14-,16+/m1/s1. The summed E-state index contributed by atoms with van der Waals surface area (Å²) >= 11 is 1.21. The van der Waals surface area contributed by atoms with Crippen LogP contribution in [0.3, 0.4) is 0 Å². The first kappa shape index (κ1) is 16.2. The summed E-state index contributed by atoms with van der Waals surface area (Å²) in [4.78, 5) is 3.62. The van der Waals surface area contributed by atoms with Crippen molar-refractivity contribution in [2.45, 2.75) is 23.7 Å². The van der Waals surface area contributed by atoms with Crippen LogP contribution in [0.5, 0.6) is 5.75 Å². The highest BCUT2D eigenvalue weighted by Crippen LogP contribution is 2.31. The molecule has 0 amide bonds. The number of hydrogen-bond donors (Lipinski definition) is 3. The molecule has 0 radical (unpaired) electrons. The van der Waals surface area contributed by atoms with Gasteiger partial charge in [0.1, 0.15) is 18.0 Å². The zero-order chi connectivity index (χ0) is 16.4. The summed E-state index contributed by atoms with van der Waals surface area (Å²) in [5.74, 6) is 0.126. The predicted molar refractivity (Wildman–Crippen MR) is 84.5 cm³/mol. The monoisotopic (exact) mass is 337 g/mol. The number of hydrogen-bond acceptors (Lipinski definition) is 6. The van der Waals surface area contributed by atoms with Crippen molar-refractivity contribution in [1.29, 1.82) is 0 Å². The SMILES string of the molecule is O[C@@H]1[C@@H](O)[C@@H](Oc2cccc(-c3cccnc3F)c2)SC[C@H]1O. The first-order valence-electron chi connectivity index (χ1n) is 7.09. The second-order valence-electron chi connectivity index (χ2n) is 5.24. The molecule has 1 aromatic carbocycles. The van der Waals surface area contributed by atoms with Crippen LogP contribution in [0.25, 0.3) is 11.1 Å². The Labute approximate surface area is 136 Å². The maximum atomic E-state index is 13.8. The third-order valence-electron chi connectivity index (χ3n) is 3.61. The van der Waals surface area contributed by atoms with Crippen molar-refractivity contribution in [3.05, 3.63) is 48.5 Å². The van der Waals surface area contributed by atoms with Crippen molar-refractivity contribution in [3.63, 3.8) is 0 Å². The Morgan fingerprint density at radius 3 is 2.74 bits per heavy atom. The van der Waals surface area contributed by atoms with Crippen molar-refractivity contribution in [2.24, 2.45) is 0 Å². The second-order valence-corrected chi connectivity index (χ2v) is 6.37. The van der Waals surface area contributed by atoms with Crippen molar-refractivity contribution < 1.29 is 24.4 Å². The van der Waals surface area contributed by atoms with Crippen LogP contribution in [-0.4, -0.2) is 49.8 Å². The van der Waals surface area contributed by atoms with Crippen molar-refractivity contribution >= 4 is 11.8 Å². The molecule has 0 saturated carbocycles. The molecule has 5 nitrogen and oxygen atoms in total. The van der Waals surface area contributed by atoms with Gasteiger partial charge >= 0.3 is 0 Å². The third kappa shape index (κ3) is 3.48. The Kier molecular flexibility index (Phi) is 4.82. The molecule has 7 heteroatoms. The molecule has 3 N–H and O–H groups in total. The molecular formula is C16H16FNO4S. The van der Waals surface area contributed by atoms with Crippen LogP contribution in [-0.2, 0) is 0 Å². The van der Waals surface area contributed by atoms with Crippen molar-refractivity contribution in [2.75, 3.05) is 5.75 Å². The first-order chi connectivity index (χ1) is 11.1. The Morgan fingerprint density at radius 1 is 1.13 bits per heavy atom. The van der Waals surface area contributed by atoms with Crippen molar-refractivity contribution in [3.8, 4) is 16.9 Å². The molecule has 2 aromatic rings. The summed E-state index contributed by atoms with van der Waals surface area (Å²) in [6.45, 7) is 0. The van der Waals surface area contributed by atoms with Gasteiger partial charge in [0.15, 0.2) is 5.44 Å². The molecule has 23 heavy (non-hydrogen) atoms. The molecule has 1 saturated heterocycles. The van der Waals surface area contributed by atoms with Crippen molar-refractivity contribution in [1.82, 2.24) is 4.98 Å². The van der Waals surface area contributed by atoms with Crippen LogP contribution in [0.15, 0.2) is 42.6 Å². The molecular weight excluding hydrogens is 321 g/mol. The first-order valence-corrected chi connectivity index (χ1v) is 8.14.